The summed E-state index contributed by atoms with van der Waals surface area (Å²) >= 11 is 12.3. The fourth-order valence-corrected chi connectivity index (χ4v) is 2.85. The smallest absolute Gasteiger partial charge is 0.231 e. The maximum atomic E-state index is 9.46. The number of halogens is 2. The second kappa shape index (κ2) is 5.85. The number of nitriles is 1. The zero-order valence-corrected chi connectivity index (χ0v) is 12.5. The molecule has 0 saturated carbocycles. The van der Waals surface area contributed by atoms with Gasteiger partial charge in [-0.25, -0.2) is 0 Å². The highest BCUT2D eigenvalue weighted by atomic mass is 35.5. The van der Waals surface area contributed by atoms with E-state index < -0.39 is 0 Å². The van der Waals surface area contributed by atoms with E-state index in [4.69, 9.17) is 32.7 Å². The average molecular weight is 320 g/mol. The van der Waals surface area contributed by atoms with Crippen LogP contribution in [0.15, 0.2) is 36.4 Å². The van der Waals surface area contributed by atoms with Crippen LogP contribution in [0.1, 0.15) is 17.0 Å². The Morgan fingerprint density at radius 2 is 1.81 bits per heavy atom. The van der Waals surface area contributed by atoms with Crippen LogP contribution in [0.2, 0.25) is 10.0 Å². The van der Waals surface area contributed by atoms with Crippen molar-refractivity contribution < 1.29 is 9.47 Å². The molecule has 1 aliphatic rings. The van der Waals surface area contributed by atoms with Crippen molar-refractivity contribution in [2.24, 2.45) is 0 Å². The summed E-state index contributed by atoms with van der Waals surface area (Å²) in [6.07, 6.45) is 0.453. The first-order valence-corrected chi connectivity index (χ1v) is 7.16. The lowest BCUT2D eigenvalue weighted by molar-refractivity contribution is 0.174. The molecule has 0 radical (unpaired) electrons. The van der Waals surface area contributed by atoms with Crippen molar-refractivity contribution in [3.63, 3.8) is 0 Å². The van der Waals surface area contributed by atoms with Gasteiger partial charge in [0.1, 0.15) is 0 Å². The molecule has 0 fully saturated rings. The summed E-state index contributed by atoms with van der Waals surface area (Å²) in [6.45, 7) is 0.215. The summed E-state index contributed by atoms with van der Waals surface area (Å²) in [7, 11) is 0. The first kappa shape index (κ1) is 14.1. The Hall–Kier alpha value is -1.89. The quantitative estimate of drug-likeness (QED) is 0.832. The van der Waals surface area contributed by atoms with Gasteiger partial charge in [-0.15, -0.1) is 0 Å². The van der Waals surface area contributed by atoms with Gasteiger partial charge in [0.05, 0.1) is 12.0 Å². The Bertz CT molecular complexity index is 704. The van der Waals surface area contributed by atoms with Gasteiger partial charge < -0.3 is 9.47 Å². The first-order valence-electron chi connectivity index (χ1n) is 6.41. The molecule has 0 bridgehead atoms. The highest BCUT2D eigenvalue weighted by Gasteiger charge is 2.20. The molecule has 2 aromatic carbocycles. The lowest BCUT2D eigenvalue weighted by atomic mass is 9.93. The van der Waals surface area contributed by atoms with E-state index in [0.29, 0.717) is 28.0 Å². The first-order chi connectivity index (χ1) is 10.2. The molecule has 0 aliphatic carbocycles. The zero-order valence-electron chi connectivity index (χ0n) is 11.0. The molecule has 0 spiro atoms. The van der Waals surface area contributed by atoms with Gasteiger partial charge in [-0.1, -0.05) is 35.3 Å². The van der Waals surface area contributed by atoms with E-state index in [-0.39, 0.29) is 12.7 Å². The topological polar surface area (TPSA) is 42.2 Å². The molecule has 0 saturated heterocycles. The number of hydrogen-bond donors (Lipinski definition) is 0. The van der Waals surface area contributed by atoms with E-state index >= 15 is 0 Å². The lowest BCUT2D eigenvalue weighted by Gasteiger charge is -2.13. The largest absolute Gasteiger partial charge is 0.454 e. The van der Waals surface area contributed by atoms with Gasteiger partial charge in [0, 0.05) is 10.0 Å². The standard InChI is InChI=1S/C16H11Cl2NO2/c17-13-2-1-3-14(18)12(13)6-11(8-19)10-4-5-15-16(7-10)21-9-20-15/h1-5,7,11H,6,9H2. The number of benzene rings is 2. The van der Waals surface area contributed by atoms with Crippen LogP contribution in [0, 0.1) is 11.3 Å². The summed E-state index contributed by atoms with van der Waals surface area (Å²) < 4.78 is 10.6. The molecule has 0 aromatic heterocycles. The van der Waals surface area contributed by atoms with Gasteiger partial charge in [0.15, 0.2) is 11.5 Å². The van der Waals surface area contributed by atoms with E-state index in [1.54, 1.807) is 18.2 Å². The molecule has 106 valence electrons. The minimum Gasteiger partial charge on any atom is -0.454 e. The summed E-state index contributed by atoms with van der Waals surface area (Å²) in [5, 5.41) is 10.6. The van der Waals surface area contributed by atoms with Crippen molar-refractivity contribution in [3.05, 3.63) is 57.6 Å². The Balaban J connectivity index is 1.91. The summed E-state index contributed by atoms with van der Waals surface area (Å²) in [6, 6.07) is 13.2. The maximum Gasteiger partial charge on any atom is 0.231 e. The maximum absolute atomic E-state index is 9.46. The molecule has 1 unspecified atom stereocenters. The van der Waals surface area contributed by atoms with Crippen LogP contribution in [-0.4, -0.2) is 6.79 Å². The number of nitrogens with zero attached hydrogens (tertiary/aromatic N) is 1. The minimum atomic E-state index is -0.350. The third kappa shape index (κ3) is 2.78. The predicted octanol–water partition coefficient (Wildman–Crippen LogP) is 4.57. The van der Waals surface area contributed by atoms with E-state index in [1.165, 1.54) is 0 Å². The van der Waals surface area contributed by atoms with Gasteiger partial charge in [-0.05, 0) is 41.8 Å². The predicted molar refractivity (Wildman–Crippen MR) is 81.1 cm³/mol. The molecule has 21 heavy (non-hydrogen) atoms. The van der Waals surface area contributed by atoms with Gasteiger partial charge >= 0.3 is 0 Å². The molecule has 3 nitrogen and oxygen atoms in total. The van der Waals surface area contributed by atoms with E-state index in [0.717, 1.165) is 11.1 Å². The molecule has 1 atom stereocenters. The normalized spacial score (nSPS) is 13.8. The number of rotatable bonds is 3. The molecular weight excluding hydrogens is 309 g/mol. The van der Waals surface area contributed by atoms with Crippen LogP contribution < -0.4 is 9.47 Å². The van der Waals surface area contributed by atoms with Crippen molar-refractivity contribution in [3.8, 4) is 17.6 Å². The molecular formula is C16H11Cl2NO2. The summed E-state index contributed by atoms with van der Waals surface area (Å²) in [5.41, 5.74) is 1.64. The molecule has 3 rings (SSSR count). The number of fused-ring (bicyclic) bond motifs is 1. The molecule has 0 amide bonds. The lowest BCUT2D eigenvalue weighted by Crippen LogP contribution is -2.02. The van der Waals surface area contributed by atoms with Gasteiger partial charge in [0.25, 0.3) is 0 Å². The van der Waals surface area contributed by atoms with Crippen molar-refractivity contribution in [1.29, 1.82) is 5.26 Å². The van der Waals surface area contributed by atoms with Crippen molar-refractivity contribution >= 4 is 23.2 Å². The minimum absolute atomic E-state index is 0.215. The zero-order chi connectivity index (χ0) is 14.8. The second-order valence-electron chi connectivity index (χ2n) is 4.70. The van der Waals surface area contributed by atoms with Crippen LogP contribution in [0.3, 0.4) is 0 Å². The Labute approximate surface area is 132 Å². The van der Waals surface area contributed by atoms with E-state index in [9.17, 15) is 5.26 Å². The van der Waals surface area contributed by atoms with Gasteiger partial charge in [-0.3, -0.25) is 0 Å². The monoisotopic (exact) mass is 319 g/mol. The third-order valence-electron chi connectivity index (χ3n) is 3.42. The van der Waals surface area contributed by atoms with E-state index in [2.05, 4.69) is 6.07 Å². The van der Waals surface area contributed by atoms with Crippen LogP contribution in [-0.2, 0) is 6.42 Å². The molecule has 1 aliphatic heterocycles. The van der Waals surface area contributed by atoms with Crippen LogP contribution in [0.25, 0.3) is 0 Å². The number of hydrogen-bond acceptors (Lipinski definition) is 3. The van der Waals surface area contributed by atoms with E-state index in [1.807, 2.05) is 18.2 Å². The van der Waals surface area contributed by atoms with Crippen LogP contribution in [0.5, 0.6) is 11.5 Å². The van der Waals surface area contributed by atoms with Crippen molar-refractivity contribution in [1.82, 2.24) is 0 Å². The van der Waals surface area contributed by atoms with Crippen molar-refractivity contribution in [2.75, 3.05) is 6.79 Å². The van der Waals surface area contributed by atoms with Gasteiger partial charge in [0.2, 0.25) is 6.79 Å². The SMILES string of the molecule is N#CC(Cc1c(Cl)cccc1Cl)c1ccc2c(c1)OCO2. The highest BCUT2D eigenvalue weighted by Crippen LogP contribution is 2.36. The average Bonchev–Trinajstić information content (AvgIpc) is 2.94. The van der Waals surface area contributed by atoms with Crippen LogP contribution in [0.4, 0.5) is 0 Å². The third-order valence-corrected chi connectivity index (χ3v) is 4.13. The molecule has 0 N–H and O–H groups in total. The molecule has 2 aromatic rings. The van der Waals surface area contributed by atoms with Gasteiger partial charge in [-0.2, -0.15) is 5.26 Å². The molecule has 1 heterocycles. The summed E-state index contributed by atoms with van der Waals surface area (Å²) in [4.78, 5) is 0. The fraction of sp³-hybridized carbons (Fsp3) is 0.188. The van der Waals surface area contributed by atoms with Crippen LogP contribution >= 0.6 is 23.2 Å². The molecule has 5 heteroatoms. The second-order valence-corrected chi connectivity index (χ2v) is 5.51. The number of ether oxygens (including phenoxy) is 2. The Morgan fingerprint density at radius 3 is 2.52 bits per heavy atom. The van der Waals surface area contributed by atoms with Crippen molar-refractivity contribution in [2.45, 2.75) is 12.3 Å². The Morgan fingerprint density at radius 1 is 1.10 bits per heavy atom. The highest BCUT2D eigenvalue weighted by molar-refractivity contribution is 6.36. The Kier molecular flexibility index (Phi) is 3.92. The fourth-order valence-electron chi connectivity index (χ4n) is 2.30. The summed E-state index contributed by atoms with van der Waals surface area (Å²) in [5.74, 6) is 1.01.